The highest BCUT2D eigenvalue weighted by Crippen LogP contribution is 2.36. The highest BCUT2D eigenvalue weighted by atomic mass is 32.2. The molecular weight excluding hydrogens is 416 g/mol. The van der Waals surface area contributed by atoms with Crippen molar-refractivity contribution in [1.82, 2.24) is 25.5 Å². The largest absolute Gasteiger partial charge is 0.290 e. The molecule has 3 aromatic rings. The zero-order valence-corrected chi connectivity index (χ0v) is 16.0. The molecule has 0 aliphatic carbocycles. The lowest BCUT2D eigenvalue weighted by Crippen LogP contribution is -2.17. The Bertz CT molecular complexity index is 1160. The SMILES string of the molecule is O=C1NC(=O)/C(=C/c2ccc(Sc3nnnn3-c3ccccc3)c([N+](=O)[O-])c2)S1. The van der Waals surface area contributed by atoms with Gasteiger partial charge < -0.3 is 0 Å². The van der Waals surface area contributed by atoms with Gasteiger partial charge in [-0.15, -0.1) is 5.10 Å². The average molecular weight is 426 g/mol. The number of amides is 2. The number of nitrogens with one attached hydrogen (secondary N) is 1. The summed E-state index contributed by atoms with van der Waals surface area (Å²) in [6.45, 7) is 0. The first-order valence-electron chi connectivity index (χ1n) is 8.06. The number of benzene rings is 2. The van der Waals surface area contributed by atoms with Gasteiger partial charge in [0.2, 0.25) is 5.16 Å². The number of hydrogen-bond acceptors (Lipinski definition) is 9. The molecule has 0 bridgehead atoms. The summed E-state index contributed by atoms with van der Waals surface area (Å²) in [5.41, 5.74) is 0.982. The van der Waals surface area contributed by atoms with E-state index in [1.54, 1.807) is 12.1 Å². The van der Waals surface area contributed by atoms with Crippen LogP contribution in [0.25, 0.3) is 11.8 Å². The summed E-state index contributed by atoms with van der Waals surface area (Å²) < 4.78 is 1.48. The van der Waals surface area contributed by atoms with Crippen LogP contribution in [-0.4, -0.2) is 36.3 Å². The van der Waals surface area contributed by atoms with Crippen molar-refractivity contribution in [1.29, 1.82) is 0 Å². The Morgan fingerprint density at radius 1 is 1.17 bits per heavy atom. The smallest absolute Gasteiger partial charge is 0.282 e. The zero-order valence-electron chi connectivity index (χ0n) is 14.4. The normalized spacial score (nSPS) is 15.0. The minimum Gasteiger partial charge on any atom is -0.282 e. The van der Waals surface area contributed by atoms with Gasteiger partial charge >= 0.3 is 0 Å². The monoisotopic (exact) mass is 426 g/mol. The number of nitrogens with zero attached hydrogens (tertiary/aromatic N) is 5. The summed E-state index contributed by atoms with van der Waals surface area (Å²) in [5, 5.41) is 25.2. The fourth-order valence-corrected chi connectivity index (χ4v) is 4.06. The van der Waals surface area contributed by atoms with Crippen molar-refractivity contribution in [3.8, 4) is 5.69 Å². The zero-order chi connectivity index (χ0) is 20.4. The van der Waals surface area contributed by atoms with Gasteiger partial charge in [0.25, 0.3) is 16.8 Å². The minimum atomic E-state index is -0.525. The summed E-state index contributed by atoms with van der Waals surface area (Å²) >= 11 is 1.80. The number of rotatable bonds is 5. The molecule has 1 saturated heterocycles. The van der Waals surface area contributed by atoms with Gasteiger partial charge in [-0.2, -0.15) is 4.68 Å². The molecule has 2 heterocycles. The number of aromatic nitrogens is 4. The third-order valence-corrected chi connectivity index (χ3v) is 5.58. The summed E-state index contributed by atoms with van der Waals surface area (Å²) in [4.78, 5) is 34.5. The first-order valence-corrected chi connectivity index (χ1v) is 9.69. The molecule has 1 N–H and O–H groups in total. The van der Waals surface area contributed by atoms with Crippen LogP contribution in [0.2, 0.25) is 0 Å². The lowest BCUT2D eigenvalue weighted by atomic mass is 10.2. The van der Waals surface area contributed by atoms with E-state index in [1.807, 2.05) is 30.3 Å². The second-order valence-electron chi connectivity index (χ2n) is 5.65. The van der Waals surface area contributed by atoms with Gasteiger partial charge in [0.15, 0.2) is 0 Å². The van der Waals surface area contributed by atoms with Gasteiger partial charge in [-0.1, -0.05) is 24.3 Å². The van der Waals surface area contributed by atoms with E-state index in [0.29, 0.717) is 15.6 Å². The van der Waals surface area contributed by atoms with Crippen LogP contribution in [0, 0.1) is 10.1 Å². The van der Waals surface area contributed by atoms with Crippen LogP contribution in [0.15, 0.2) is 63.5 Å². The third kappa shape index (κ3) is 4.02. The second kappa shape index (κ2) is 7.85. The number of hydrogen-bond donors (Lipinski definition) is 1. The topological polar surface area (TPSA) is 133 Å². The van der Waals surface area contributed by atoms with Crippen LogP contribution in [0.1, 0.15) is 5.56 Å². The molecule has 0 atom stereocenters. The maximum Gasteiger partial charge on any atom is 0.290 e. The molecule has 0 spiro atoms. The second-order valence-corrected chi connectivity index (χ2v) is 7.67. The number of carbonyl (C=O) groups is 2. The number of carbonyl (C=O) groups excluding carboxylic acids is 2. The molecule has 1 aromatic heterocycles. The van der Waals surface area contributed by atoms with E-state index in [4.69, 9.17) is 0 Å². The molecule has 0 saturated carbocycles. The van der Waals surface area contributed by atoms with E-state index in [9.17, 15) is 19.7 Å². The Morgan fingerprint density at radius 2 is 1.97 bits per heavy atom. The molecule has 144 valence electrons. The van der Waals surface area contributed by atoms with Gasteiger partial charge in [-0.3, -0.25) is 25.0 Å². The molecule has 0 unspecified atom stereocenters. The molecule has 1 aliphatic heterocycles. The fourth-order valence-electron chi connectivity index (χ4n) is 2.50. The van der Waals surface area contributed by atoms with Gasteiger partial charge in [-0.25, -0.2) is 0 Å². The predicted octanol–water partition coefficient (Wildman–Crippen LogP) is 3.05. The van der Waals surface area contributed by atoms with Crippen LogP contribution in [0.3, 0.4) is 0 Å². The van der Waals surface area contributed by atoms with E-state index in [1.165, 1.54) is 16.8 Å². The molecule has 29 heavy (non-hydrogen) atoms. The van der Waals surface area contributed by atoms with Crippen LogP contribution in [0.5, 0.6) is 0 Å². The van der Waals surface area contributed by atoms with Crippen molar-refractivity contribution >= 4 is 46.4 Å². The summed E-state index contributed by atoms with van der Waals surface area (Å²) in [7, 11) is 0. The fraction of sp³-hybridized carbons (Fsp3) is 0. The summed E-state index contributed by atoms with van der Waals surface area (Å²) in [6.07, 6.45) is 1.43. The van der Waals surface area contributed by atoms with Crippen molar-refractivity contribution in [2.24, 2.45) is 0 Å². The molecule has 0 radical (unpaired) electrons. The summed E-state index contributed by atoms with van der Waals surface area (Å²) in [5.74, 6) is -0.525. The van der Waals surface area contributed by atoms with Crippen molar-refractivity contribution < 1.29 is 14.5 Å². The lowest BCUT2D eigenvalue weighted by Gasteiger charge is -2.05. The maximum absolute atomic E-state index is 11.7. The van der Waals surface area contributed by atoms with Crippen molar-refractivity contribution in [2.75, 3.05) is 0 Å². The van der Waals surface area contributed by atoms with Crippen LogP contribution >= 0.6 is 23.5 Å². The number of imide groups is 1. The molecule has 1 fully saturated rings. The quantitative estimate of drug-likeness (QED) is 0.371. The van der Waals surface area contributed by atoms with E-state index >= 15 is 0 Å². The van der Waals surface area contributed by atoms with Crippen molar-refractivity contribution in [3.63, 3.8) is 0 Å². The van der Waals surface area contributed by atoms with Crippen LogP contribution in [-0.2, 0) is 4.79 Å². The Labute approximate surface area is 171 Å². The van der Waals surface area contributed by atoms with E-state index in [0.717, 1.165) is 29.2 Å². The van der Waals surface area contributed by atoms with Gasteiger partial charge in [-0.05, 0) is 63.8 Å². The molecule has 2 aromatic carbocycles. The minimum absolute atomic E-state index is 0.165. The molecule has 12 heteroatoms. The van der Waals surface area contributed by atoms with E-state index in [2.05, 4.69) is 20.8 Å². The Morgan fingerprint density at radius 3 is 2.66 bits per heavy atom. The molecule has 10 nitrogen and oxygen atoms in total. The average Bonchev–Trinajstić information content (AvgIpc) is 3.29. The molecular formula is C17H10N6O4S2. The van der Waals surface area contributed by atoms with Crippen molar-refractivity contribution in [2.45, 2.75) is 10.1 Å². The first-order chi connectivity index (χ1) is 14.0. The van der Waals surface area contributed by atoms with Gasteiger partial charge in [0.1, 0.15) is 0 Å². The van der Waals surface area contributed by atoms with Crippen LogP contribution < -0.4 is 5.32 Å². The predicted molar refractivity (Wildman–Crippen MR) is 105 cm³/mol. The highest BCUT2D eigenvalue weighted by Gasteiger charge is 2.26. The van der Waals surface area contributed by atoms with Crippen LogP contribution in [0.4, 0.5) is 10.5 Å². The number of tetrazole rings is 1. The van der Waals surface area contributed by atoms with E-state index < -0.39 is 16.1 Å². The Balaban J connectivity index is 1.67. The van der Waals surface area contributed by atoms with Gasteiger partial charge in [0.05, 0.1) is 20.4 Å². The maximum atomic E-state index is 11.7. The number of para-hydroxylation sites is 1. The third-order valence-electron chi connectivity index (χ3n) is 3.76. The lowest BCUT2D eigenvalue weighted by molar-refractivity contribution is -0.387. The number of nitro groups is 1. The Kier molecular flexibility index (Phi) is 5.10. The van der Waals surface area contributed by atoms with Crippen molar-refractivity contribution in [3.05, 3.63) is 69.1 Å². The number of thioether (sulfide) groups is 1. The molecule has 1 aliphatic rings. The standard InChI is InChI=1S/C17H10N6O4S2/c24-15-14(29-17(25)18-15)9-10-6-7-13(12(8-10)23(26)27)28-16-19-20-21-22(16)11-4-2-1-3-5-11/h1-9H,(H,18,24,25)/b14-9-. The first kappa shape index (κ1) is 18.8. The van der Waals surface area contributed by atoms with E-state index in [-0.39, 0.29) is 10.6 Å². The highest BCUT2D eigenvalue weighted by molar-refractivity contribution is 8.18. The summed E-state index contributed by atoms with van der Waals surface area (Å²) in [6, 6.07) is 13.7. The molecule has 2 amide bonds. The van der Waals surface area contributed by atoms with Gasteiger partial charge in [0, 0.05) is 6.07 Å². The number of nitro benzene ring substituents is 1. The Hall–Kier alpha value is -3.51. The molecule has 4 rings (SSSR count).